The number of nitrogens with one attached hydrogen (secondary N) is 3. The van der Waals surface area contributed by atoms with Crippen molar-refractivity contribution in [3.8, 4) is 11.3 Å². The zero-order valence-electron chi connectivity index (χ0n) is 16.7. The molecule has 0 unspecified atom stereocenters. The molecule has 1 aliphatic heterocycles. The summed E-state index contributed by atoms with van der Waals surface area (Å²) in [6.45, 7) is 4.05. The summed E-state index contributed by atoms with van der Waals surface area (Å²) < 4.78 is 0. The number of nitrogens with zero attached hydrogens (tertiary/aromatic N) is 2. The number of hydrogen-bond donors (Lipinski definition) is 3. The minimum absolute atomic E-state index is 0.145. The van der Waals surface area contributed by atoms with Crippen molar-refractivity contribution >= 4 is 23.5 Å². The van der Waals surface area contributed by atoms with E-state index in [1.165, 1.54) is 6.92 Å². The lowest BCUT2D eigenvalue weighted by molar-refractivity contribution is -0.114. The lowest BCUT2D eigenvalue weighted by Crippen LogP contribution is -2.40. The van der Waals surface area contributed by atoms with Crippen LogP contribution >= 0.6 is 0 Å². The summed E-state index contributed by atoms with van der Waals surface area (Å²) in [5, 5.41) is 12.7. The third-order valence-electron chi connectivity index (χ3n) is 5.09. The first-order chi connectivity index (χ1) is 14.4. The molecule has 4 amide bonds. The van der Waals surface area contributed by atoms with E-state index in [4.69, 9.17) is 0 Å². The van der Waals surface area contributed by atoms with Crippen LogP contribution in [0.15, 0.2) is 48.5 Å². The van der Waals surface area contributed by atoms with E-state index in [9.17, 15) is 14.4 Å². The summed E-state index contributed by atoms with van der Waals surface area (Å²) in [6, 6.07) is 13.8. The minimum atomic E-state index is -0.455. The van der Waals surface area contributed by atoms with Gasteiger partial charge in [0.15, 0.2) is 0 Å². The van der Waals surface area contributed by atoms with Crippen molar-refractivity contribution in [1.82, 2.24) is 20.4 Å². The zero-order valence-corrected chi connectivity index (χ0v) is 16.7. The molecular weight excluding hydrogens is 382 g/mol. The quantitative estimate of drug-likeness (QED) is 0.624. The monoisotopic (exact) mass is 403 g/mol. The maximum absolute atomic E-state index is 12.6. The Morgan fingerprint density at radius 1 is 1.03 bits per heavy atom. The fourth-order valence-electron chi connectivity index (χ4n) is 3.56. The topological polar surface area (TPSA) is 107 Å². The van der Waals surface area contributed by atoms with Crippen molar-refractivity contribution in [2.24, 2.45) is 0 Å². The standard InChI is InChI=1S/C22H21N5O3/c1-13-16(9-6-10-18(13)23-14(2)28)20-17-11-27(12-19(17)25-26-20)22(30)24-21(29)15-7-4-3-5-8-15/h3-10H,11-12H2,1-2H3,(H,23,28)(H,25,26)(H,24,29,30). The average Bonchev–Trinajstić information content (AvgIpc) is 3.31. The highest BCUT2D eigenvalue weighted by Crippen LogP contribution is 2.34. The van der Waals surface area contributed by atoms with Crippen LogP contribution in [-0.2, 0) is 17.9 Å². The number of aromatic amines is 1. The fourth-order valence-corrected chi connectivity index (χ4v) is 3.56. The van der Waals surface area contributed by atoms with E-state index in [0.29, 0.717) is 18.7 Å². The molecule has 0 spiro atoms. The summed E-state index contributed by atoms with van der Waals surface area (Å²) in [5.41, 5.74) is 5.39. The molecule has 0 saturated heterocycles. The van der Waals surface area contributed by atoms with E-state index < -0.39 is 11.9 Å². The Balaban J connectivity index is 1.52. The maximum atomic E-state index is 12.6. The summed E-state index contributed by atoms with van der Waals surface area (Å²) in [7, 11) is 0. The molecule has 30 heavy (non-hydrogen) atoms. The molecule has 0 aliphatic carbocycles. The molecule has 2 aromatic carbocycles. The van der Waals surface area contributed by atoms with Gasteiger partial charge in [-0.3, -0.25) is 20.0 Å². The molecule has 8 heteroatoms. The van der Waals surface area contributed by atoms with E-state index in [-0.39, 0.29) is 5.91 Å². The second-order valence-corrected chi connectivity index (χ2v) is 7.17. The lowest BCUT2D eigenvalue weighted by Gasteiger charge is -2.16. The largest absolute Gasteiger partial charge is 0.326 e. The first kappa shape index (κ1) is 19.4. The van der Waals surface area contributed by atoms with Gasteiger partial charge in [0.25, 0.3) is 5.91 Å². The Morgan fingerprint density at radius 2 is 1.80 bits per heavy atom. The van der Waals surface area contributed by atoms with Gasteiger partial charge in [-0.15, -0.1) is 0 Å². The van der Waals surface area contributed by atoms with Crippen LogP contribution in [0.25, 0.3) is 11.3 Å². The first-order valence-electron chi connectivity index (χ1n) is 9.53. The maximum Gasteiger partial charge on any atom is 0.324 e. The van der Waals surface area contributed by atoms with Crippen molar-refractivity contribution in [3.05, 3.63) is 70.9 Å². The van der Waals surface area contributed by atoms with Gasteiger partial charge < -0.3 is 10.2 Å². The Morgan fingerprint density at radius 3 is 2.53 bits per heavy atom. The predicted molar refractivity (Wildman–Crippen MR) is 112 cm³/mol. The van der Waals surface area contributed by atoms with Gasteiger partial charge in [0.1, 0.15) is 0 Å². The number of carbonyl (C=O) groups excluding carboxylic acids is 3. The molecule has 0 saturated carbocycles. The molecule has 1 aromatic heterocycles. The Labute approximate surface area is 173 Å². The molecule has 3 aromatic rings. The van der Waals surface area contributed by atoms with E-state index in [1.807, 2.05) is 31.2 Å². The van der Waals surface area contributed by atoms with Gasteiger partial charge >= 0.3 is 6.03 Å². The molecule has 0 atom stereocenters. The molecule has 8 nitrogen and oxygen atoms in total. The van der Waals surface area contributed by atoms with Crippen LogP contribution < -0.4 is 10.6 Å². The van der Waals surface area contributed by atoms with Crippen LogP contribution in [0, 0.1) is 6.92 Å². The number of imide groups is 1. The number of urea groups is 1. The molecular formula is C22H21N5O3. The molecule has 0 fully saturated rings. The van der Waals surface area contributed by atoms with Crippen LogP contribution in [0.4, 0.5) is 10.5 Å². The molecule has 1 aliphatic rings. The minimum Gasteiger partial charge on any atom is -0.326 e. The van der Waals surface area contributed by atoms with Crippen LogP contribution in [-0.4, -0.2) is 32.9 Å². The van der Waals surface area contributed by atoms with Gasteiger partial charge in [-0.1, -0.05) is 30.3 Å². The molecule has 152 valence electrons. The number of hydrogen-bond acceptors (Lipinski definition) is 4. The highest BCUT2D eigenvalue weighted by molar-refractivity contribution is 6.04. The number of amides is 4. The predicted octanol–water partition coefficient (Wildman–Crippen LogP) is 3.21. The third-order valence-corrected chi connectivity index (χ3v) is 5.09. The van der Waals surface area contributed by atoms with Crippen LogP contribution in [0.1, 0.15) is 34.1 Å². The normalized spacial score (nSPS) is 12.4. The summed E-state index contributed by atoms with van der Waals surface area (Å²) >= 11 is 0. The molecule has 2 heterocycles. The molecule has 4 rings (SSSR count). The van der Waals surface area contributed by atoms with Crippen LogP contribution in [0.3, 0.4) is 0 Å². The van der Waals surface area contributed by atoms with E-state index >= 15 is 0 Å². The summed E-state index contributed by atoms with van der Waals surface area (Å²) in [6.07, 6.45) is 0. The van der Waals surface area contributed by atoms with Gasteiger partial charge in [0, 0.05) is 29.3 Å². The summed E-state index contributed by atoms with van der Waals surface area (Å²) in [4.78, 5) is 37.9. The number of benzene rings is 2. The second-order valence-electron chi connectivity index (χ2n) is 7.17. The van der Waals surface area contributed by atoms with Crippen molar-refractivity contribution in [3.63, 3.8) is 0 Å². The number of aromatic nitrogens is 2. The second kappa shape index (κ2) is 7.82. The van der Waals surface area contributed by atoms with Gasteiger partial charge in [-0.25, -0.2) is 4.79 Å². The highest BCUT2D eigenvalue weighted by atomic mass is 16.2. The SMILES string of the molecule is CC(=O)Nc1cccc(-c2n[nH]c3c2CN(C(=O)NC(=O)c2ccccc2)C3)c1C. The van der Waals surface area contributed by atoms with Crippen LogP contribution in [0.5, 0.6) is 0 Å². The number of carbonyl (C=O) groups is 3. The number of rotatable bonds is 3. The highest BCUT2D eigenvalue weighted by Gasteiger charge is 2.30. The Hall–Kier alpha value is -3.94. The number of fused-ring (bicyclic) bond motifs is 1. The van der Waals surface area contributed by atoms with Crippen molar-refractivity contribution in [2.45, 2.75) is 26.9 Å². The van der Waals surface area contributed by atoms with Gasteiger partial charge in [-0.05, 0) is 30.7 Å². The van der Waals surface area contributed by atoms with Gasteiger partial charge in [0.05, 0.1) is 24.5 Å². The van der Waals surface area contributed by atoms with E-state index in [2.05, 4.69) is 20.8 Å². The first-order valence-corrected chi connectivity index (χ1v) is 9.53. The van der Waals surface area contributed by atoms with E-state index in [1.54, 1.807) is 29.2 Å². The Bertz CT molecular complexity index is 1140. The lowest BCUT2D eigenvalue weighted by atomic mass is 10.0. The number of H-pyrrole nitrogens is 1. The average molecular weight is 403 g/mol. The van der Waals surface area contributed by atoms with Gasteiger partial charge in [-0.2, -0.15) is 5.10 Å². The fraction of sp³-hybridized carbons (Fsp3) is 0.182. The van der Waals surface area contributed by atoms with Crippen molar-refractivity contribution in [2.75, 3.05) is 5.32 Å². The summed E-state index contributed by atoms with van der Waals surface area (Å²) in [5.74, 6) is -0.582. The van der Waals surface area contributed by atoms with Crippen LogP contribution in [0.2, 0.25) is 0 Å². The number of anilines is 1. The molecule has 0 radical (unpaired) electrons. The third kappa shape index (κ3) is 3.67. The van der Waals surface area contributed by atoms with E-state index in [0.717, 1.165) is 33.8 Å². The molecule has 3 N–H and O–H groups in total. The van der Waals surface area contributed by atoms with Crippen molar-refractivity contribution < 1.29 is 14.4 Å². The smallest absolute Gasteiger partial charge is 0.324 e. The van der Waals surface area contributed by atoms with Crippen molar-refractivity contribution in [1.29, 1.82) is 0 Å². The van der Waals surface area contributed by atoms with Gasteiger partial charge in [0.2, 0.25) is 5.91 Å². The zero-order chi connectivity index (χ0) is 21.3. The Kier molecular flexibility index (Phi) is 5.05. The molecule has 0 bridgehead atoms.